The van der Waals surface area contributed by atoms with Gasteiger partial charge in [-0.1, -0.05) is 17.3 Å². The van der Waals surface area contributed by atoms with Crippen LogP contribution in [0.5, 0.6) is 5.75 Å². The molecule has 0 bridgehead atoms. The van der Waals surface area contributed by atoms with Crippen molar-refractivity contribution in [3.63, 3.8) is 0 Å². The number of carbonyl (C=O) groups excluding carboxylic acids is 5. The molecule has 3 aromatic heterocycles. The second-order valence-corrected chi connectivity index (χ2v) is 19.0. The van der Waals surface area contributed by atoms with Gasteiger partial charge in [0.05, 0.1) is 13.3 Å². The van der Waals surface area contributed by atoms with Crippen molar-refractivity contribution in [1.29, 1.82) is 0 Å². The van der Waals surface area contributed by atoms with E-state index in [0.717, 1.165) is 17.0 Å². The number of pyridine rings is 1. The summed E-state index contributed by atoms with van der Waals surface area (Å²) in [6.07, 6.45) is 2.53. The Morgan fingerprint density at radius 2 is 1.75 bits per heavy atom. The molecular formula is C42H51N10O10S2+. The molecule has 4 amide bonds. The van der Waals surface area contributed by atoms with Crippen LogP contribution in [0.2, 0.25) is 0 Å². The first-order valence-corrected chi connectivity index (χ1v) is 22.4. The Balaban J connectivity index is 1.09. The molecule has 0 aliphatic carbocycles. The van der Waals surface area contributed by atoms with Crippen LogP contribution in [0, 0.1) is 5.92 Å². The Bertz CT molecular complexity index is 2480. The average molecular weight is 920 g/mol. The van der Waals surface area contributed by atoms with Crippen LogP contribution in [-0.2, 0) is 53.1 Å². The molecule has 1 aromatic carbocycles. The Morgan fingerprint density at radius 1 is 1.02 bits per heavy atom. The number of amides is 4. The molecule has 3 aliphatic rings. The number of fused-ring (bicyclic) bond motifs is 2. The van der Waals surface area contributed by atoms with E-state index >= 15 is 0 Å². The van der Waals surface area contributed by atoms with Gasteiger partial charge in [0, 0.05) is 48.4 Å². The molecule has 7 rings (SSSR count). The van der Waals surface area contributed by atoms with Gasteiger partial charge >= 0.3 is 23.8 Å². The molecule has 2 N–H and O–H groups in total. The number of aromatic nitrogens is 5. The molecule has 0 spiro atoms. The van der Waals surface area contributed by atoms with Crippen molar-refractivity contribution in [2.45, 2.75) is 90.8 Å². The highest BCUT2D eigenvalue weighted by molar-refractivity contribution is 8.00. The van der Waals surface area contributed by atoms with Crippen LogP contribution in [-0.4, -0.2) is 120 Å². The maximum absolute atomic E-state index is 14.2. The molecule has 2 saturated heterocycles. The number of benzene rings is 1. The zero-order valence-electron chi connectivity index (χ0n) is 36.8. The number of rotatable bonds is 14. The summed E-state index contributed by atoms with van der Waals surface area (Å²) >= 11 is 2.18. The van der Waals surface area contributed by atoms with E-state index in [4.69, 9.17) is 28.8 Å². The quantitative estimate of drug-likeness (QED) is 0.0452. The lowest BCUT2D eigenvalue weighted by molar-refractivity contribution is -0.664. The lowest BCUT2D eigenvalue weighted by atomic mass is 10.0. The molecule has 20 nitrogen and oxygen atoms in total. The fourth-order valence-electron chi connectivity index (χ4n) is 7.02. The normalized spacial score (nSPS) is 17.9. The number of oxime groups is 1. The molecule has 22 heteroatoms. The van der Waals surface area contributed by atoms with Crippen LogP contribution >= 0.6 is 23.3 Å². The monoisotopic (exact) mass is 919 g/mol. The van der Waals surface area contributed by atoms with E-state index in [-0.39, 0.29) is 54.1 Å². The zero-order chi connectivity index (χ0) is 45.9. The first kappa shape index (κ1) is 45.7. The maximum atomic E-state index is 14.2. The van der Waals surface area contributed by atoms with Crippen molar-refractivity contribution in [3.8, 4) is 5.75 Å². The molecular weight excluding hydrogens is 869 g/mol. The summed E-state index contributed by atoms with van der Waals surface area (Å²) in [6.45, 7) is 14.4. The Kier molecular flexibility index (Phi) is 13.4. The molecule has 2 fully saturated rings. The number of nitrogens with zero attached hydrogens (tertiary/aromatic N) is 8. The second-order valence-electron chi connectivity index (χ2n) is 17.1. The second kappa shape index (κ2) is 18.8. The van der Waals surface area contributed by atoms with Crippen molar-refractivity contribution >= 4 is 75.3 Å². The number of esters is 1. The number of ether oxygens (including phenoxy) is 4. The van der Waals surface area contributed by atoms with Gasteiger partial charge < -0.3 is 38.6 Å². The number of carbonyl (C=O) groups is 5. The van der Waals surface area contributed by atoms with Gasteiger partial charge in [0.2, 0.25) is 23.0 Å². The summed E-state index contributed by atoms with van der Waals surface area (Å²) < 4.78 is 30.0. The summed E-state index contributed by atoms with van der Waals surface area (Å²) in [6, 6.07) is 9.87. The van der Waals surface area contributed by atoms with E-state index in [0.29, 0.717) is 47.9 Å². The lowest BCUT2D eigenvalue weighted by Crippen LogP contribution is -2.71. The summed E-state index contributed by atoms with van der Waals surface area (Å²) in [5.41, 5.74) is 1.28. The number of β-lactam (4-membered cyclic amide) rings is 1. The third-order valence-electron chi connectivity index (χ3n) is 9.88. The molecule has 0 radical (unpaired) electrons. The topological polar surface area (TPSA) is 222 Å². The van der Waals surface area contributed by atoms with Crippen molar-refractivity contribution < 1.29 is 52.3 Å². The fraction of sp³-hybridized carbons (Fsp3) is 0.476. The molecule has 340 valence electrons. The number of thioether (sulfide) groups is 1. The van der Waals surface area contributed by atoms with Crippen LogP contribution in [0.1, 0.15) is 59.9 Å². The first-order chi connectivity index (χ1) is 30.4. The first-order valence-electron chi connectivity index (χ1n) is 20.5. The van der Waals surface area contributed by atoms with E-state index < -0.39 is 46.5 Å². The summed E-state index contributed by atoms with van der Waals surface area (Å²) in [5, 5.41) is 8.53. The maximum Gasteiger partial charge on any atom is 0.414 e. The molecule has 2 atom stereocenters. The highest BCUT2D eigenvalue weighted by Gasteiger charge is 2.55. The number of methoxy groups -OCH3 is 1. The molecule has 3 aliphatic heterocycles. The molecule has 2 unspecified atom stereocenters. The number of anilines is 1. The summed E-state index contributed by atoms with van der Waals surface area (Å²) in [7, 11) is 1.56. The highest BCUT2D eigenvalue weighted by atomic mass is 32.2. The van der Waals surface area contributed by atoms with E-state index in [1.54, 1.807) is 70.3 Å². The van der Waals surface area contributed by atoms with E-state index in [1.165, 1.54) is 16.7 Å². The number of nitrogens with one attached hydrogen (secondary N) is 2. The lowest BCUT2D eigenvalue weighted by Gasteiger charge is -2.49. The predicted octanol–water partition coefficient (Wildman–Crippen LogP) is 4.24. The number of imidazole rings is 1. The van der Waals surface area contributed by atoms with E-state index in [9.17, 15) is 24.0 Å². The largest absolute Gasteiger partial charge is 0.497 e. The minimum Gasteiger partial charge on any atom is -0.497 e. The van der Waals surface area contributed by atoms with Crippen molar-refractivity contribution in [2.24, 2.45) is 11.1 Å². The van der Waals surface area contributed by atoms with Crippen LogP contribution in [0.4, 0.5) is 14.7 Å². The van der Waals surface area contributed by atoms with Gasteiger partial charge in [-0.05, 0) is 83.3 Å². The van der Waals surface area contributed by atoms with Gasteiger partial charge in [-0.25, -0.2) is 19.0 Å². The molecule has 4 aromatic rings. The van der Waals surface area contributed by atoms with Crippen LogP contribution in [0.25, 0.3) is 11.2 Å². The Hall–Kier alpha value is -6.29. The van der Waals surface area contributed by atoms with E-state index in [2.05, 4.69) is 25.1 Å². The summed E-state index contributed by atoms with van der Waals surface area (Å²) in [4.78, 5) is 84.1. The van der Waals surface area contributed by atoms with Crippen LogP contribution < -0.4 is 19.9 Å². The molecule has 64 heavy (non-hydrogen) atoms. The number of hydrogen-bond acceptors (Lipinski definition) is 16. The Morgan fingerprint density at radius 3 is 2.44 bits per heavy atom. The van der Waals surface area contributed by atoms with Gasteiger partial charge in [-0.2, -0.15) is 9.36 Å². The third kappa shape index (κ3) is 10.6. The van der Waals surface area contributed by atoms with Crippen molar-refractivity contribution in [2.75, 3.05) is 37.9 Å². The minimum atomic E-state index is -1.06. The third-order valence-corrected chi connectivity index (χ3v) is 11.8. The average Bonchev–Trinajstić information content (AvgIpc) is 3.86. The SMILES string of the molecule is CCON=C(C(=O)NC1C(=O)N2C(C(=O)OCc3ccc(OC)cc3)=C(C[n+]3cccc4c3ncn4CC3CN(C(=O)OC(C)(C)C)C3)CSC12)c1nsc(NC(=O)OC(C)(C)C)n1. The fourth-order valence-corrected chi connectivity index (χ4v) is 8.91. The number of hydrogen-bond donors (Lipinski definition) is 2. The molecule has 0 saturated carbocycles. The van der Waals surface area contributed by atoms with Gasteiger partial charge in [-0.15, -0.1) is 11.8 Å². The van der Waals surface area contributed by atoms with Crippen molar-refractivity contribution in [1.82, 2.24) is 34.0 Å². The van der Waals surface area contributed by atoms with Crippen molar-refractivity contribution in [3.05, 3.63) is 71.6 Å². The highest BCUT2D eigenvalue weighted by Crippen LogP contribution is 2.41. The van der Waals surface area contributed by atoms with Gasteiger partial charge in [0.15, 0.2) is 0 Å². The molecule has 6 heterocycles. The summed E-state index contributed by atoms with van der Waals surface area (Å²) in [5.74, 6) is -1.02. The standard InChI is InChI=1S/C42H50N10O10S2/c1-9-60-47-29(32-45-38(64-48-32)46-39(56)61-41(2,3)4)34(53)44-30-35(54)52-31(37(55)59-21-24-12-14-27(58-8)15-13-24)26(22-63-36(30)52)20-49-16-10-11-28-33(49)43-23-51(28)19-25-17-50(18-25)40(57)62-42(5,6)7/h10-16,23,25,30,36H,9,17-22H2,1-8H3,(H-,44,45,46,48,53,56)/p+1. The van der Waals surface area contributed by atoms with Crippen LogP contribution in [0.3, 0.4) is 0 Å². The van der Waals surface area contributed by atoms with Gasteiger partial charge in [-0.3, -0.25) is 19.8 Å². The van der Waals surface area contributed by atoms with Gasteiger partial charge in [0.25, 0.3) is 11.8 Å². The van der Waals surface area contributed by atoms with Crippen LogP contribution in [0.15, 0.2) is 65.3 Å². The smallest absolute Gasteiger partial charge is 0.414 e. The number of likely N-dealkylation sites (tertiary alicyclic amines) is 1. The predicted molar refractivity (Wildman–Crippen MR) is 234 cm³/mol. The zero-order valence-corrected chi connectivity index (χ0v) is 38.4. The Labute approximate surface area is 377 Å². The minimum absolute atomic E-state index is 0.0516. The van der Waals surface area contributed by atoms with E-state index in [1.807, 2.05) is 48.2 Å². The van der Waals surface area contributed by atoms with Gasteiger partial charge in [0.1, 0.15) is 59.3 Å².